The molecule has 2 atom stereocenters. The minimum absolute atomic E-state index is 0.509. The molecule has 0 aromatic heterocycles. The number of likely N-dealkylation sites (N-methyl/N-ethyl adjacent to an activating group) is 1. The normalized spacial score (nSPS) is 26.5. The summed E-state index contributed by atoms with van der Waals surface area (Å²) in [5.41, 5.74) is 6.17. The minimum Gasteiger partial charge on any atom is -0.305 e. The summed E-state index contributed by atoms with van der Waals surface area (Å²) in [7, 11) is 4.30. The minimum atomic E-state index is 0.509. The lowest BCUT2D eigenvalue weighted by Gasteiger charge is -2.35. The molecule has 132 valence electrons. The van der Waals surface area contributed by atoms with Gasteiger partial charge in [-0.3, -0.25) is 0 Å². The lowest BCUT2D eigenvalue weighted by molar-refractivity contribution is 0.299. The first-order chi connectivity index (χ1) is 12.2. The zero-order valence-corrected chi connectivity index (χ0v) is 15.7. The number of rotatable bonds is 4. The largest absolute Gasteiger partial charge is 0.305 e. The first-order valence-corrected chi connectivity index (χ1v) is 10.0. The summed E-state index contributed by atoms with van der Waals surface area (Å²) in [4.78, 5) is 2.26. The Morgan fingerprint density at radius 3 is 2.64 bits per heavy atom. The van der Waals surface area contributed by atoms with Gasteiger partial charge in [0.1, 0.15) is 0 Å². The van der Waals surface area contributed by atoms with Crippen LogP contribution in [-0.2, 0) is 0 Å². The van der Waals surface area contributed by atoms with Crippen LogP contribution in [0.5, 0.6) is 0 Å². The van der Waals surface area contributed by atoms with Crippen LogP contribution < -0.4 is 0 Å². The summed E-state index contributed by atoms with van der Waals surface area (Å²) < 4.78 is 0. The van der Waals surface area contributed by atoms with E-state index in [0.29, 0.717) is 5.92 Å². The number of hydrogen-bond acceptors (Lipinski definition) is 1. The third-order valence-electron chi connectivity index (χ3n) is 6.25. The van der Waals surface area contributed by atoms with Crippen molar-refractivity contribution >= 4 is 6.08 Å². The molecule has 1 nitrogen and oxygen atoms in total. The second kappa shape index (κ2) is 7.33. The van der Waals surface area contributed by atoms with Gasteiger partial charge in [0.05, 0.1) is 0 Å². The molecule has 1 aromatic rings. The number of nitrogens with zero attached hydrogens (tertiary/aromatic N) is 1. The Bertz CT molecular complexity index is 701. The molecule has 4 rings (SSSR count). The average Bonchev–Trinajstić information content (AvgIpc) is 3.09. The van der Waals surface area contributed by atoms with Gasteiger partial charge in [-0.05, 0) is 61.9 Å². The van der Waals surface area contributed by atoms with E-state index in [-0.39, 0.29) is 0 Å². The van der Waals surface area contributed by atoms with Crippen LogP contribution in [0, 0.1) is 11.8 Å². The summed E-state index contributed by atoms with van der Waals surface area (Å²) in [6.07, 6.45) is 18.1. The summed E-state index contributed by atoms with van der Waals surface area (Å²) in [6, 6.07) is 9.15. The van der Waals surface area contributed by atoms with Gasteiger partial charge in [0.2, 0.25) is 0 Å². The van der Waals surface area contributed by atoms with Crippen molar-refractivity contribution < 1.29 is 0 Å². The van der Waals surface area contributed by atoms with Gasteiger partial charge in [-0.15, -0.1) is 0 Å². The smallest absolute Gasteiger partial charge is 0.0224 e. The van der Waals surface area contributed by atoms with E-state index in [1.54, 1.807) is 11.1 Å². The molecule has 0 heterocycles. The predicted octanol–water partition coefficient (Wildman–Crippen LogP) is 5.81. The monoisotopic (exact) mass is 333 g/mol. The molecule has 1 fully saturated rings. The van der Waals surface area contributed by atoms with E-state index in [4.69, 9.17) is 0 Å². The van der Waals surface area contributed by atoms with Gasteiger partial charge in [-0.25, -0.2) is 0 Å². The molecule has 0 saturated heterocycles. The average molecular weight is 334 g/mol. The van der Waals surface area contributed by atoms with Crippen LogP contribution in [0.4, 0.5) is 0 Å². The predicted molar refractivity (Wildman–Crippen MR) is 108 cm³/mol. The molecule has 1 aromatic carbocycles. The fraction of sp³-hybridized carbons (Fsp3) is 0.500. The SMILES string of the molecule is CN(C)CC1=CC(C2=Cc3ccccc3C(C3CCCCC3)C2)C=C1. The molecule has 0 aliphatic heterocycles. The Morgan fingerprint density at radius 2 is 1.84 bits per heavy atom. The van der Waals surface area contributed by atoms with E-state index in [1.807, 2.05) is 0 Å². The molecule has 25 heavy (non-hydrogen) atoms. The maximum atomic E-state index is 2.48. The third kappa shape index (κ3) is 3.67. The summed E-state index contributed by atoms with van der Waals surface area (Å²) in [5, 5.41) is 0. The molecular formula is C24H31N. The van der Waals surface area contributed by atoms with Crippen molar-refractivity contribution in [1.29, 1.82) is 0 Å². The first-order valence-electron chi connectivity index (χ1n) is 10.0. The zero-order valence-electron chi connectivity index (χ0n) is 15.7. The summed E-state index contributed by atoms with van der Waals surface area (Å²) in [6.45, 7) is 1.04. The molecular weight excluding hydrogens is 302 g/mol. The van der Waals surface area contributed by atoms with Crippen molar-refractivity contribution in [2.75, 3.05) is 20.6 Å². The van der Waals surface area contributed by atoms with E-state index in [0.717, 1.165) is 18.4 Å². The van der Waals surface area contributed by atoms with Gasteiger partial charge in [0.25, 0.3) is 0 Å². The van der Waals surface area contributed by atoms with Crippen LogP contribution in [0.1, 0.15) is 55.6 Å². The van der Waals surface area contributed by atoms with E-state index in [1.165, 1.54) is 49.7 Å². The van der Waals surface area contributed by atoms with Gasteiger partial charge < -0.3 is 4.90 Å². The maximum Gasteiger partial charge on any atom is 0.0224 e. The molecule has 2 unspecified atom stereocenters. The van der Waals surface area contributed by atoms with Crippen molar-refractivity contribution in [2.45, 2.75) is 44.4 Å². The lowest BCUT2D eigenvalue weighted by Crippen LogP contribution is -2.21. The molecule has 0 amide bonds. The molecule has 0 spiro atoms. The van der Waals surface area contributed by atoms with Gasteiger partial charge >= 0.3 is 0 Å². The zero-order chi connectivity index (χ0) is 17.2. The van der Waals surface area contributed by atoms with E-state index >= 15 is 0 Å². The van der Waals surface area contributed by atoms with Gasteiger partial charge in [-0.2, -0.15) is 0 Å². The second-order valence-corrected chi connectivity index (χ2v) is 8.42. The second-order valence-electron chi connectivity index (χ2n) is 8.42. The van der Waals surface area contributed by atoms with Crippen molar-refractivity contribution in [1.82, 2.24) is 4.90 Å². The maximum absolute atomic E-state index is 2.48. The molecule has 1 heteroatoms. The van der Waals surface area contributed by atoms with Crippen LogP contribution in [0.3, 0.4) is 0 Å². The highest BCUT2D eigenvalue weighted by Gasteiger charge is 2.31. The van der Waals surface area contributed by atoms with Crippen LogP contribution in [-0.4, -0.2) is 25.5 Å². The topological polar surface area (TPSA) is 3.24 Å². The van der Waals surface area contributed by atoms with Crippen LogP contribution in [0.15, 0.2) is 53.6 Å². The van der Waals surface area contributed by atoms with E-state index < -0.39 is 0 Å². The Hall–Kier alpha value is -1.60. The highest BCUT2D eigenvalue weighted by molar-refractivity contribution is 5.63. The number of fused-ring (bicyclic) bond motifs is 1. The van der Waals surface area contributed by atoms with Crippen LogP contribution >= 0.6 is 0 Å². The fourth-order valence-electron chi connectivity index (χ4n) is 5.06. The van der Waals surface area contributed by atoms with Crippen molar-refractivity contribution in [2.24, 2.45) is 11.8 Å². The molecule has 0 N–H and O–H groups in total. The molecule has 3 aliphatic rings. The van der Waals surface area contributed by atoms with E-state index in [9.17, 15) is 0 Å². The number of benzene rings is 1. The van der Waals surface area contributed by atoms with Crippen molar-refractivity contribution in [3.05, 3.63) is 64.8 Å². The standard InChI is InChI=1S/C24H31N/c1-25(2)17-18-12-13-20(14-18)22-15-21-10-6-7-11-23(21)24(16-22)19-8-4-3-5-9-19/h6-7,10-15,19-20,24H,3-5,8-9,16-17H2,1-2H3. The highest BCUT2D eigenvalue weighted by Crippen LogP contribution is 2.46. The summed E-state index contributed by atoms with van der Waals surface area (Å²) >= 11 is 0. The fourth-order valence-corrected chi connectivity index (χ4v) is 5.06. The quantitative estimate of drug-likeness (QED) is 0.672. The van der Waals surface area contributed by atoms with Crippen molar-refractivity contribution in [3.8, 4) is 0 Å². The molecule has 0 bridgehead atoms. The highest BCUT2D eigenvalue weighted by atomic mass is 15.0. The number of hydrogen-bond donors (Lipinski definition) is 0. The molecule has 1 saturated carbocycles. The van der Waals surface area contributed by atoms with Crippen molar-refractivity contribution in [3.63, 3.8) is 0 Å². The lowest BCUT2D eigenvalue weighted by atomic mass is 9.69. The molecule has 3 aliphatic carbocycles. The van der Waals surface area contributed by atoms with Gasteiger partial charge in [-0.1, -0.05) is 73.4 Å². The molecule has 0 radical (unpaired) electrons. The first kappa shape index (κ1) is 16.8. The third-order valence-corrected chi connectivity index (χ3v) is 6.25. The number of allylic oxidation sites excluding steroid dienone is 3. The Labute approximate surface area is 153 Å². The van der Waals surface area contributed by atoms with Crippen LogP contribution in [0.2, 0.25) is 0 Å². The van der Waals surface area contributed by atoms with E-state index in [2.05, 4.69) is 67.6 Å². The van der Waals surface area contributed by atoms with Crippen LogP contribution in [0.25, 0.3) is 6.08 Å². The Balaban J connectivity index is 1.61. The Morgan fingerprint density at radius 1 is 1.04 bits per heavy atom. The van der Waals surface area contributed by atoms with Gasteiger partial charge in [0, 0.05) is 12.5 Å². The summed E-state index contributed by atoms with van der Waals surface area (Å²) in [5.74, 6) is 2.12. The van der Waals surface area contributed by atoms with Gasteiger partial charge in [0.15, 0.2) is 0 Å². The Kier molecular flexibility index (Phi) is 4.94.